The van der Waals surface area contributed by atoms with Crippen LogP contribution in [0.3, 0.4) is 0 Å². The second-order valence-electron chi connectivity index (χ2n) is 4.53. The van der Waals surface area contributed by atoms with Crippen molar-refractivity contribution in [2.45, 2.75) is 6.92 Å². The lowest BCUT2D eigenvalue weighted by Crippen LogP contribution is -1.87. The summed E-state index contributed by atoms with van der Waals surface area (Å²) < 4.78 is 13.9. The third-order valence-electron chi connectivity index (χ3n) is 3.14. The fourth-order valence-electron chi connectivity index (χ4n) is 2.23. The number of aldehydes is 1. The molecule has 3 aromatic rings. The molecule has 0 saturated carbocycles. The number of rotatable bonds is 2. The van der Waals surface area contributed by atoms with Gasteiger partial charge in [-0.2, -0.15) is 0 Å². The second-order valence-corrected chi connectivity index (χ2v) is 4.94. The van der Waals surface area contributed by atoms with Crippen molar-refractivity contribution < 1.29 is 9.18 Å². The van der Waals surface area contributed by atoms with Gasteiger partial charge in [-0.1, -0.05) is 17.7 Å². The predicted octanol–water partition coefficient (Wildman–Crippen LogP) is 4.14. The molecule has 0 atom stereocenters. The van der Waals surface area contributed by atoms with Crippen molar-refractivity contribution in [3.05, 3.63) is 52.3 Å². The summed E-state index contributed by atoms with van der Waals surface area (Å²) in [7, 11) is 0. The van der Waals surface area contributed by atoms with Crippen LogP contribution in [0.25, 0.3) is 22.4 Å². The summed E-state index contributed by atoms with van der Waals surface area (Å²) in [6.45, 7) is 1.85. The fraction of sp³-hybridized carbons (Fsp3) is 0.0667. The van der Waals surface area contributed by atoms with Crippen LogP contribution in [0.1, 0.15) is 15.9 Å². The van der Waals surface area contributed by atoms with Crippen LogP contribution in [0.5, 0.6) is 0 Å². The topological polar surface area (TPSA) is 45.8 Å². The molecule has 0 saturated heterocycles. The van der Waals surface area contributed by atoms with E-state index in [2.05, 4.69) is 9.97 Å². The maximum absolute atomic E-state index is 13.9. The van der Waals surface area contributed by atoms with E-state index in [0.717, 1.165) is 11.8 Å². The Morgan fingerprint density at radius 1 is 1.35 bits per heavy atom. The zero-order chi connectivity index (χ0) is 14.3. The molecule has 5 heteroatoms. The van der Waals surface area contributed by atoms with E-state index in [9.17, 15) is 9.18 Å². The molecule has 3 rings (SSSR count). The van der Waals surface area contributed by atoms with Crippen LogP contribution < -0.4 is 0 Å². The molecule has 1 aromatic heterocycles. The Morgan fingerprint density at radius 3 is 2.85 bits per heavy atom. The number of benzene rings is 2. The zero-order valence-electron chi connectivity index (χ0n) is 10.6. The third kappa shape index (κ3) is 1.98. The Bertz CT molecular complexity index is 806. The number of fused-ring (bicyclic) bond motifs is 1. The lowest BCUT2D eigenvalue weighted by atomic mass is 10.1. The number of halogens is 2. The molecule has 3 nitrogen and oxygen atoms in total. The van der Waals surface area contributed by atoms with Crippen molar-refractivity contribution in [2.24, 2.45) is 0 Å². The molecule has 20 heavy (non-hydrogen) atoms. The molecule has 0 bridgehead atoms. The largest absolute Gasteiger partial charge is 0.338 e. The molecule has 0 aliphatic rings. The van der Waals surface area contributed by atoms with E-state index < -0.39 is 5.82 Å². The molecule has 0 aliphatic heterocycles. The predicted molar refractivity (Wildman–Crippen MR) is 76.6 cm³/mol. The summed E-state index contributed by atoms with van der Waals surface area (Å²) in [6, 6.07) is 7.90. The van der Waals surface area contributed by atoms with Crippen LogP contribution >= 0.6 is 11.6 Å². The molecular formula is C15H10ClFN2O. The highest BCUT2D eigenvalue weighted by Gasteiger charge is 2.15. The van der Waals surface area contributed by atoms with Gasteiger partial charge in [0.05, 0.1) is 21.6 Å². The van der Waals surface area contributed by atoms with Gasteiger partial charge in [-0.3, -0.25) is 4.79 Å². The van der Waals surface area contributed by atoms with E-state index in [1.54, 1.807) is 24.3 Å². The maximum Gasteiger partial charge on any atom is 0.150 e. The van der Waals surface area contributed by atoms with E-state index in [1.807, 2.05) is 6.92 Å². The van der Waals surface area contributed by atoms with Crippen LogP contribution in [0.2, 0.25) is 5.02 Å². The number of aryl methyl sites for hydroxylation is 1. The van der Waals surface area contributed by atoms with Gasteiger partial charge in [-0.15, -0.1) is 0 Å². The third-order valence-corrected chi connectivity index (χ3v) is 3.45. The first kappa shape index (κ1) is 12.8. The number of H-pyrrole nitrogens is 1. The second kappa shape index (κ2) is 4.72. The minimum absolute atomic E-state index is 0.234. The maximum atomic E-state index is 13.9. The number of carbonyl (C=O) groups excluding carboxylic acids is 1. The highest BCUT2D eigenvalue weighted by atomic mass is 35.5. The number of aromatic nitrogens is 2. The summed E-state index contributed by atoms with van der Waals surface area (Å²) in [5, 5.41) is 0.289. The van der Waals surface area contributed by atoms with Crippen LogP contribution in [-0.2, 0) is 0 Å². The Kier molecular flexibility index (Phi) is 3.03. The van der Waals surface area contributed by atoms with Crippen LogP contribution in [0.4, 0.5) is 4.39 Å². The number of hydrogen-bond donors (Lipinski definition) is 1. The summed E-state index contributed by atoms with van der Waals surface area (Å²) in [4.78, 5) is 18.3. The van der Waals surface area contributed by atoms with E-state index in [1.165, 1.54) is 6.07 Å². The smallest absolute Gasteiger partial charge is 0.150 e. The van der Waals surface area contributed by atoms with Gasteiger partial charge >= 0.3 is 0 Å². The number of nitrogens with zero attached hydrogens (tertiary/aromatic N) is 1. The van der Waals surface area contributed by atoms with E-state index in [-0.39, 0.29) is 10.6 Å². The molecule has 2 aromatic carbocycles. The first-order valence-electron chi connectivity index (χ1n) is 6.00. The Balaban J connectivity index is 2.28. The SMILES string of the molecule is Cc1cc(C=O)cc2[nH]c(-c3c(F)cccc3Cl)nc12. The molecule has 1 heterocycles. The summed E-state index contributed by atoms with van der Waals surface area (Å²) >= 11 is 6.03. The molecule has 100 valence electrons. The van der Waals surface area contributed by atoms with E-state index >= 15 is 0 Å². The van der Waals surface area contributed by atoms with Gasteiger partial charge in [0.15, 0.2) is 0 Å². The average Bonchev–Trinajstić information content (AvgIpc) is 2.82. The van der Waals surface area contributed by atoms with Gasteiger partial charge in [-0.05, 0) is 36.8 Å². The zero-order valence-corrected chi connectivity index (χ0v) is 11.3. The lowest BCUT2D eigenvalue weighted by Gasteiger charge is -2.01. The molecule has 0 radical (unpaired) electrons. The summed E-state index contributed by atoms with van der Waals surface area (Å²) in [5.41, 5.74) is 3.01. The molecule has 0 fully saturated rings. The number of aromatic amines is 1. The molecule has 0 unspecified atom stereocenters. The minimum atomic E-state index is -0.440. The van der Waals surface area contributed by atoms with Crippen LogP contribution in [0.15, 0.2) is 30.3 Å². The standard InChI is InChI=1S/C15H10ClFN2O/c1-8-5-9(7-20)6-12-14(8)19-15(18-12)13-10(16)3-2-4-11(13)17/h2-7H,1H3,(H,18,19). The summed E-state index contributed by atoms with van der Waals surface area (Å²) in [6.07, 6.45) is 0.767. The van der Waals surface area contributed by atoms with Crippen molar-refractivity contribution in [2.75, 3.05) is 0 Å². The quantitative estimate of drug-likeness (QED) is 0.720. The molecule has 0 spiro atoms. The van der Waals surface area contributed by atoms with E-state index in [4.69, 9.17) is 11.6 Å². The van der Waals surface area contributed by atoms with Crippen LogP contribution in [0, 0.1) is 12.7 Å². The van der Waals surface area contributed by atoms with Crippen molar-refractivity contribution in [1.29, 1.82) is 0 Å². The van der Waals surface area contributed by atoms with Crippen molar-refractivity contribution in [1.82, 2.24) is 9.97 Å². The number of imidazole rings is 1. The minimum Gasteiger partial charge on any atom is -0.338 e. The highest BCUT2D eigenvalue weighted by molar-refractivity contribution is 6.33. The molecule has 0 amide bonds. The van der Waals surface area contributed by atoms with Gasteiger partial charge in [0.25, 0.3) is 0 Å². The molecule has 0 aliphatic carbocycles. The molecule has 1 N–H and O–H groups in total. The van der Waals surface area contributed by atoms with Gasteiger partial charge in [-0.25, -0.2) is 9.37 Å². The van der Waals surface area contributed by atoms with Crippen LogP contribution in [-0.4, -0.2) is 16.3 Å². The average molecular weight is 289 g/mol. The molecular weight excluding hydrogens is 279 g/mol. The Labute approximate surface area is 119 Å². The van der Waals surface area contributed by atoms with Crippen molar-refractivity contribution in [3.63, 3.8) is 0 Å². The fourth-order valence-corrected chi connectivity index (χ4v) is 2.48. The van der Waals surface area contributed by atoms with E-state index in [0.29, 0.717) is 22.4 Å². The summed E-state index contributed by atoms with van der Waals surface area (Å²) in [5.74, 6) is -0.0842. The van der Waals surface area contributed by atoms with Gasteiger partial charge in [0, 0.05) is 5.56 Å². The Hall–Kier alpha value is -2.20. The first-order valence-corrected chi connectivity index (χ1v) is 6.38. The number of carbonyl (C=O) groups is 1. The Morgan fingerprint density at radius 2 is 2.15 bits per heavy atom. The number of nitrogens with one attached hydrogen (secondary N) is 1. The van der Waals surface area contributed by atoms with Gasteiger partial charge in [0.2, 0.25) is 0 Å². The van der Waals surface area contributed by atoms with Gasteiger partial charge < -0.3 is 4.98 Å². The highest BCUT2D eigenvalue weighted by Crippen LogP contribution is 2.30. The van der Waals surface area contributed by atoms with Crippen molar-refractivity contribution in [3.8, 4) is 11.4 Å². The van der Waals surface area contributed by atoms with Gasteiger partial charge in [0.1, 0.15) is 17.9 Å². The van der Waals surface area contributed by atoms with Crippen molar-refractivity contribution >= 4 is 28.9 Å². The first-order chi connectivity index (χ1) is 9.60. The number of hydrogen-bond acceptors (Lipinski definition) is 2. The normalized spacial score (nSPS) is 10.9. The monoisotopic (exact) mass is 288 g/mol. The lowest BCUT2D eigenvalue weighted by molar-refractivity contribution is 0.112.